The maximum Gasteiger partial charge on any atom is 0.276 e. The minimum Gasteiger partial charge on any atom is -0.497 e. The van der Waals surface area contributed by atoms with E-state index in [0.717, 1.165) is 0 Å². The summed E-state index contributed by atoms with van der Waals surface area (Å²) in [4.78, 5) is 10.7. The predicted octanol–water partition coefficient (Wildman–Crippen LogP) is 3.59. The fourth-order valence-electron chi connectivity index (χ4n) is 2.17. The van der Waals surface area contributed by atoms with Crippen LogP contribution >= 0.6 is 0 Å². The number of nitrogens with zero attached hydrogens (tertiary/aromatic N) is 2. The smallest absolute Gasteiger partial charge is 0.276 e. The lowest BCUT2D eigenvalue weighted by Gasteiger charge is -2.11. The number of nitro benzene ring substituents is 1. The van der Waals surface area contributed by atoms with Crippen LogP contribution in [0.25, 0.3) is 0 Å². The number of hydrogen-bond acceptors (Lipinski definition) is 4. The fourth-order valence-corrected chi connectivity index (χ4v) is 2.17. The molecule has 0 fully saturated rings. The van der Waals surface area contributed by atoms with Crippen molar-refractivity contribution in [3.63, 3.8) is 0 Å². The summed E-state index contributed by atoms with van der Waals surface area (Å²) < 4.78 is 17.9. The fraction of sp³-hybridized carbons (Fsp3) is 0.188. The first-order valence-electron chi connectivity index (χ1n) is 6.51. The van der Waals surface area contributed by atoms with E-state index < -0.39 is 16.7 Å². The van der Waals surface area contributed by atoms with Crippen LogP contribution in [0.15, 0.2) is 42.5 Å². The Labute approximate surface area is 126 Å². The van der Waals surface area contributed by atoms with Gasteiger partial charge in [-0.25, -0.2) is 4.39 Å². The standard InChI is InChI=1S/C16H13FN2O3/c1-22-15-7-4-12(16(9-15)19(20)21)8-13(10-18)11-2-5-14(17)6-3-11/h2-7,9,13H,8H2,1H3. The van der Waals surface area contributed by atoms with Gasteiger partial charge in [0.2, 0.25) is 0 Å². The van der Waals surface area contributed by atoms with Crippen LogP contribution in [0.2, 0.25) is 0 Å². The minimum absolute atomic E-state index is 0.0956. The maximum atomic E-state index is 12.9. The quantitative estimate of drug-likeness (QED) is 0.624. The highest BCUT2D eigenvalue weighted by atomic mass is 19.1. The Morgan fingerprint density at radius 1 is 1.32 bits per heavy atom. The lowest BCUT2D eigenvalue weighted by Crippen LogP contribution is -2.04. The summed E-state index contributed by atoms with van der Waals surface area (Å²) in [6, 6.07) is 12.2. The van der Waals surface area contributed by atoms with Gasteiger partial charge >= 0.3 is 0 Å². The van der Waals surface area contributed by atoms with Gasteiger partial charge in [-0.3, -0.25) is 10.1 Å². The number of hydrogen-bond donors (Lipinski definition) is 0. The molecule has 1 atom stereocenters. The highest BCUT2D eigenvalue weighted by Crippen LogP contribution is 2.29. The van der Waals surface area contributed by atoms with Gasteiger partial charge in [-0.15, -0.1) is 0 Å². The lowest BCUT2D eigenvalue weighted by molar-refractivity contribution is -0.385. The van der Waals surface area contributed by atoms with E-state index in [2.05, 4.69) is 6.07 Å². The second-order valence-corrected chi connectivity index (χ2v) is 4.69. The van der Waals surface area contributed by atoms with Crippen LogP contribution in [-0.4, -0.2) is 12.0 Å². The Hall–Kier alpha value is -2.94. The van der Waals surface area contributed by atoms with E-state index in [0.29, 0.717) is 16.9 Å². The van der Waals surface area contributed by atoms with Crippen molar-refractivity contribution in [1.29, 1.82) is 5.26 Å². The molecule has 1 unspecified atom stereocenters. The van der Waals surface area contributed by atoms with Gasteiger partial charge < -0.3 is 4.74 Å². The number of benzene rings is 2. The van der Waals surface area contributed by atoms with Crippen molar-refractivity contribution in [3.05, 3.63) is 69.5 Å². The zero-order chi connectivity index (χ0) is 16.1. The molecule has 0 amide bonds. The lowest BCUT2D eigenvalue weighted by atomic mass is 9.92. The van der Waals surface area contributed by atoms with Gasteiger partial charge in [0.15, 0.2) is 0 Å². The van der Waals surface area contributed by atoms with Crippen LogP contribution in [0.3, 0.4) is 0 Å². The summed E-state index contributed by atoms with van der Waals surface area (Å²) in [7, 11) is 1.43. The summed E-state index contributed by atoms with van der Waals surface area (Å²) in [6.07, 6.45) is 0.169. The highest BCUT2D eigenvalue weighted by molar-refractivity contribution is 5.47. The van der Waals surface area contributed by atoms with E-state index in [9.17, 15) is 19.8 Å². The largest absolute Gasteiger partial charge is 0.497 e. The molecule has 0 aromatic heterocycles. The SMILES string of the molecule is COc1ccc(CC(C#N)c2ccc(F)cc2)c([N+](=O)[O-])c1. The van der Waals surface area contributed by atoms with Crippen LogP contribution in [0.5, 0.6) is 5.75 Å². The molecule has 2 aromatic rings. The highest BCUT2D eigenvalue weighted by Gasteiger charge is 2.20. The molecule has 0 aliphatic carbocycles. The maximum absolute atomic E-state index is 12.9. The predicted molar refractivity (Wildman–Crippen MR) is 78.1 cm³/mol. The van der Waals surface area contributed by atoms with Crippen LogP contribution in [0.4, 0.5) is 10.1 Å². The Morgan fingerprint density at radius 2 is 2.00 bits per heavy atom. The van der Waals surface area contributed by atoms with Crippen LogP contribution in [0, 0.1) is 27.3 Å². The molecule has 2 rings (SSSR count). The van der Waals surface area contributed by atoms with E-state index in [1.54, 1.807) is 12.1 Å². The molecule has 0 heterocycles. The third-order valence-corrected chi connectivity index (χ3v) is 3.34. The first-order chi connectivity index (χ1) is 10.5. The summed E-state index contributed by atoms with van der Waals surface area (Å²) >= 11 is 0. The Kier molecular flexibility index (Phi) is 4.69. The molecular weight excluding hydrogens is 287 g/mol. The molecule has 0 N–H and O–H groups in total. The molecule has 22 heavy (non-hydrogen) atoms. The minimum atomic E-state index is -0.590. The molecule has 0 spiro atoms. The summed E-state index contributed by atoms with van der Waals surface area (Å²) in [5.74, 6) is -0.602. The van der Waals surface area contributed by atoms with E-state index in [-0.39, 0.29) is 12.1 Å². The molecule has 0 aliphatic heterocycles. The summed E-state index contributed by atoms with van der Waals surface area (Å²) in [6.45, 7) is 0. The zero-order valence-corrected chi connectivity index (χ0v) is 11.8. The molecule has 0 aliphatic rings. The van der Waals surface area contributed by atoms with Crippen LogP contribution in [-0.2, 0) is 6.42 Å². The first kappa shape index (κ1) is 15.4. The third kappa shape index (κ3) is 3.38. The number of nitriles is 1. The average Bonchev–Trinajstić information content (AvgIpc) is 2.53. The van der Waals surface area contributed by atoms with E-state index in [4.69, 9.17) is 4.74 Å². The Bertz CT molecular complexity index is 723. The Balaban J connectivity index is 2.34. The van der Waals surface area contributed by atoms with Crippen LogP contribution in [0.1, 0.15) is 17.0 Å². The topological polar surface area (TPSA) is 76.2 Å². The Morgan fingerprint density at radius 3 is 2.55 bits per heavy atom. The van der Waals surface area contributed by atoms with Gasteiger partial charge in [0.05, 0.1) is 30.1 Å². The van der Waals surface area contributed by atoms with Gasteiger partial charge in [-0.2, -0.15) is 5.26 Å². The van der Waals surface area contributed by atoms with Crippen LogP contribution < -0.4 is 4.74 Å². The van der Waals surface area contributed by atoms with Crippen molar-refractivity contribution in [2.24, 2.45) is 0 Å². The molecule has 5 nitrogen and oxygen atoms in total. The normalized spacial score (nSPS) is 11.5. The third-order valence-electron chi connectivity index (χ3n) is 3.34. The molecule has 6 heteroatoms. The van der Waals surface area contributed by atoms with Crippen molar-refractivity contribution >= 4 is 5.69 Å². The van der Waals surface area contributed by atoms with Crippen molar-refractivity contribution in [2.45, 2.75) is 12.3 Å². The number of halogens is 1. The summed E-state index contributed by atoms with van der Waals surface area (Å²) in [5.41, 5.74) is 0.956. The first-order valence-corrected chi connectivity index (χ1v) is 6.51. The molecule has 0 bridgehead atoms. The van der Waals surface area contributed by atoms with Gasteiger partial charge in [0, 0.05) is 5.56 Å². The molecule has 0 radical (unpaired) electrons. The number of methoxy groups -OCH3 is 1. The second-order valence-electron chi connectivity index (χ2n) is 4.69. The van der Waals surface area contributed by atoms with Gasteiger partial charge in [-0.05, 0) is 36.2 Å². The summed E-state index contributed by atoms with van der Waals surface area (Å²) in [5, 5.41) is 20.5. The number of nitro groups is 1. The molecule has 112 valence electrons. The van der Waals surface area contributed by atoms with E-state index >= 15 is 0 Å². The van der Waals surface area contributed by atoms with E-state index in [1.807, 2.05) is 0 Å². The van der Waals surface area contributed by atoms with Gasteiger partial charge in [0.1, 0.15) is 11.6 Å². The van der Waals surface area contributed by atoms with Crippen molar-refractivity contribution < 1.29 is 14.1 Å². The average molecular weight is 300 g/mol. The molecular formula is C16H13FN2O3. The number of rotatable bonds is 5. The van der Waals surface area contributed by atoms with Crippen molar-refractivity contribution in [1.82, 2.24) is 0 Å². The van der Waals surface area contributed by atoms with Crippen molar-refractivity contribution in [3.8, 4) is 11.8 Å². The van der Waals surface area contributed by atoms with E-state index in [1.165, 1.54) is 37.4 Å². The van der Waals surface area contributed by atoms with Gasteiger partial charge in [0.25, 0.3) is 5.69 Å². The second kappa shape index (κ2) is 6.68. The molecule has 0 saturated heterocycles. The molecule has 2 aromatic carbocycles. The zero-order valence-electron chi connectivity index (χ0n) is 11.8. The molecule has 0 saturated carbocycles. The monoisotopic (exact) mass is 300 g/mol. The van der Waals surface area contributed by atoms with Gasteiger partial charge in [-0.1, -0.05) is 12.1 Å². The van der Waals surface area contributed by atoms with Crippen molar-refractivity contribution in [2.75, 3.05) is 7.11 Å². The number of ether oxygens (including phenoxy) is 1.